The van der Waals surface area contributed by atoms with E-state index in [-0.39, 0.29) is 47.8 Å². The summed E-state index contributed by atoms with van der Waals surface area (Å²) in [6.45, 7) is 1.94. The number of carbonyl (C=O) groups excluding carboxylic acids is 3. The molecule has 1 heterocycles. The van der Waals surface area contributed by atoms with Crippen LogP contribution in [0, 0.1) is 30.6 Å². The Morgan fingerprint density at radius 1 is 1.03 bits per heavy atom. The van der Waals surface area contributed by atoms with Crippen LogP contribution in [0.4, 0.5) is 5.69 Å². The van der Waals surface area contributed by atoms with Crippen molar-refractivity contribution in [3.05, 3.63) is 71.8 Å². The number of aryl methyl sites for hydroxylation is 1. The van der Waals surface area contributed by atoms with Crippen LogP contribution >= 0.6 is 0 Å². The van der Waals surface area contributed by atoms with Gasteiger partial charge in [0.2, 0.25) is 17.7 Å². The number of nitrogens with one attached hydrogen (secondary N) is 1. The number of likely N-dealkylation sites (tertiary alicyclic amines) is 1. The second-order valence-electron chi connectivity index (χ2n) is 8.87. The Labute approximate surface area is 187 Å². The zero-order valence-electron chi connectivity index (χ0n) is 18.2. The summed E-state index contributed by atoms with van der Waals surface area (Å²) in [6.07, 6.45) is 5.03. The fourth-order valence-corrected chi connectivity index (χ4v) is 5.66. The predicted octanol–water partition coefficient (Wildman–Crippen LogP) is 3.88. The molecule has 3 aliphatic rings. The van der Waals surface area contributed by atoms with E-state index in [9.17, 15) is 14.4 Å². The second kappa shape index (κ2) is 7.93. The van der Waals surface area contributed by atoms with Crippen LogP contribution in [0.15, 0.2) is 60.7 Å². The maximum absolute atomic E-state index is 13.5. The van der Waals surface area contributed by atoms with Gasteiger partial charge in [-0.25, -0.2) is 0 Å². The van der Waals surface area contributed by atoms with Gasteiger partial charge in [-0.2, -0.15) is 0 Å². The number of hydrogen-bond acceptors (Lipinski definition) is 4. The summed E-state index contributed by atoms with van der Waals surface area (Å²) in [4.78, 5) is 41.4. The van der Waals surface area contributed by atoms with Gasteiger partial charge in [-0.15, -0.1) is 0 Å². The fourth-order valence-electron chi connectivity index (χ4n) is 5.66. The molecule has 2 bridgehead atoms. The number of benzene rings is 2. The van der Waals surface area contributed by atoms with Gasteiger partial charge in [0, 0.05) is 0 Å². The maximum atomic E-state index is 13.5. The van der Waals surface area contributed by atoms with E-state index >= 15 is 0 Å². The number of amides is 3. The molecule has 2 aromatic rings. The van der Waals surface area contributed by atoms with Crippen molar-refractivity contribution < 1.29 is 19.1 Å². The molecule has 1 aliphatic heterocycles. The van der Waals surface area contributed by atoms with E-state index in [1.807, 2.05) is 43.3 Å². The van der Waals surface area contributed by atoms with Crippen molar-refractivity contribution >= 4 is 23.4 Å². The molecule has 32 heavy (non-hydrogen) atoms. The Morgan fingerprint density at radius 3 is 2.31 bits per heavy atom. The third kappa shape index (κ3) is 3.22. The molecule has 5 atom stereocenters. The standard InChI is InChI=1S/C26H26N2O4/c1-15-7-3-4-8-18(15)20(14-22(29)27-19-9-5-6-10-21(19)32-2)28-25(30)23-16-11-12-17(13-16)24(23)26(28)31/h3-12,16-17,20,23-24H,13-14H2,1-2H3,(H,27,29). The first-order valence-electron chi connectivity index (χ1n) is 11.0. The number of methoxy groups -OCH3 is 1. The molecule has 5 unspecified atom stereocenters. The van der Waals surface area contributed by atoms with Crippen LogP contribution in [0.25, 0.3) is 0 Å². The number of hydrogen-bond donors (Lipinski definition) is 1. The van der Waals surface area contributed by atoms with Crippen LogP contribution in [0.1, 0.15) is 30.0 Å². The van der Waals surface area contributed by atoms with E-state index < -0.39 is 6.04 Å². The lowest BCUT2D eigenvalue weighted by Crippen LogP contribution is -2.38. The van der Waals surface area contributed by atoms with E-state index in [4.69, 9.17) is 4.74 Å². The average Bonchev–Trinajstić information content (AvgIpc) is 3.47. The largest absolute Gasteiger partial charge is 0.495 e. The quantitative estimate of drug-likeness (QED) is 0.557. The second-order valence-corrected chi connectivity index (χ2v) is 8.87. The molecule has 0 radical (unpaired) electrons. The minimum absolute atomic E-state index is 0.0113. The molecule has 2 aliphatic carbocycles. The van der Waals surface area contributed by atoms with Gasteiger partial charge in [-0.1, -0.05) is 48.6 Å². The number of para-hydroxylation sites is 2. The SMILES string of the molecule is COc1ccccc1NC(=O)CC(c1ccccc1C)N1C(=O)C2C3C=CC(C3)C2C1=O. The van der Waals surface area contributed by atoms with Crippen LogP contribution in [0.3, 0.4) is 0 Å². The smallest absolute Gasteiger partial charge is 0.234 e. The first-order chi connectivity index (χ1) is 15.5. The Kier molecular flexibility index (Phi) is 5.08. The van der Waals surface area contributed by atoms with Gasteiger partial charge >= 0.3 is 0 Å². The number of allylic oxidation sites excluding steroid dienone is 2. The molecule has 0 spiro atoms. The monoisotopic (exact) mass is 430 g/mol. The highest BCUT2D eigenvalue weighted by Gasteiger charge is 2.60. The van der Waals surface area contributed by atoms with E-state index in [1.54, 1.807) is 19.2 Å². The van der Waals surface area contributed by atoms with Crippen LogP contribution in [-0.2, 0) is 14.4 Å². The Bertz CT molecular complexity index is 1090. The summed E-state index contributed by atoms with van der Waals surface area (Å²) in [7, 11) is 1.55. The van der Waals surface area contributed by atoms with E-state index in [0.717, 1.165) is 17.5 Å². The number of anilines is 1. The van der Waals surface area contributed by atoms with E-state index in [0.29, 0.717) is 11.4 Å². The van der Waals surface area contributed by atoms with Gasteiger partial charge in [0.1, 0.15) is 5.75 Å². The topological polar surface area (TPSA) is 75.7 Å². The third-order valence-corrected chi connectivity index (χ3v) is 7.12. The van der Waals surface area contributed by atoms with Crippen molar-refractivity contribution in [2.24, 2.45) is 23.7 Å². The predicted molar refractivity (Wildman–Crippen MR) is 120 cm³/mol. The van der Waals surface area contributed by atoms with E-state index in [2.05, 4.69) is 17.5 Å². The molecule has 1 saturated carbocycles. The lowest BCUT2D eigenvalue weighted by Gasteiger charge is -2.29. The van der Waals surface area contributed by atoms with Crippen molar-refractivity contribution in [3.8, 4) is 5.75 Å². The Balaban J connectivity index is 1.46. The Hall–Kier alpha value is -3.41. The summed E-state index contributed by atoms with van der Waals surface area (Å²) < 4.78 is 5.33. The van der Waals surface area contributed by atoms with Gasteiger partial charge in [0.25, 0.3) is 0 Å². The number of nitrogens with zero attached hydrogens (tertiary/aromatic N) is 1. The summed E-state index contributed by atoms with van der Waals surface area (Å²) in [5.41, 5.74) is 2.33. The minimum Gasteiger partial charge on any atom is -0.495 e. The first-order valence-corrected chi connectivity index (χ1v) is 11.0. The van der Waals surface area contributed by atoms with Crippen molar-refractivity contribution in [1.29, 1.82) is 0 Å². The maximum Gasteiger partial charge on any atom is 0.234 e. The van der Waals surface area contributed by atoms with Crippen molar-refractivity contribution in [2.75, 3.05) is 12.4 Å². The van der Waals surface area contributed by atoms with Crippen molar-refractivity contribution in [1.82, 2.24) is 4.90 Å². The summed E-state index contributed by atoms with van der Waals surface area (Å²) >= 11 is 0. The van der Waals surface area contributed by atoms with Crippen LogP contribution in [-0.4, -0.2) is 29.7 Å². The summed E-state index contributed by atoms with van der Waals surface area (Å²) in [6, 6.07) is 14.2. The molecule has 1 saturated heterocycles. The summed E-state index contributed by atoms with van der Waals surface area (Å²) in [5.74, 6) is -0.328. The zero-order chi connectivity index (χ0) is 22.4. The minimum atomic E-state index is -0.643. The van der Waals surface area contributed by atoms with Crippen molar-refractivity contribution in [2.45, 2.75) is 25.8 Å². The lowest BCUT2D eigenvalue weighted by atomic mass is 9.85. The Morgan fingerprint density at radius 2 is 1.66 bits per heavy atom. The molecule has 164 valence electrons. The number of fused-ring (bicyclic) bond motifs is 5. The zero-order valence-corrected chi connectivity index (χ0v) is 18.2. The number of carbonyl (C=O) groups is 3. The first kappa shape index (κ1) is 20.5. The van der Waals surface area contributed by atoms with Gasteiger partial charge in [-0.05, 0) is 48.4 Å². The van der Waals surface area contributed by atoms with Gasteiger partial charge in [0.15, 0.2) is 0 Å². The average molecular weight is 431 g/mol. The molecule has 5 rings (SSSR count). The van der Waals surface area contributed by atoms with Gasteiger partial charge < -0.3 is 10.1 Å². The molecule has 2 aromatic carbocycles. The van der Waals surface area contributed by atoms with Crippen LogP contribution in [0.2, 0.25) is 0 Å². The normalized spacial score (nSPS) is 26.4. The van der Waals surface area contributed by atoms with Crippen LogP contribution in [0.5, 0.6) is 5.75 Å². The highest BCUT2D eigenvalue weighted by atomic mass is 16.5. The number of imide groups is 1. The molecular formula is C26H26N2O4. The lowest BCUT2D eigenvalue weighted by molar-refractivity contribution is -0.144. The molecule has 1 N–H and O–H groups in total. The number of ether oxygens (including phenoxy) is 1. The number of rotatable bonds is 6. The molecule has 6 nitrogen and oxygen atoms in total. The fraction of sp³-hybridized carbons (Fsp3) is 0.346. The molecular weight excluding hydrogens is 404 g/mol. The van der Waals surface area contributed by atoms with Gasteiger partial charge in [0.05, 0.1) is 37.1 Å². The highest BCUT2D eigenvalue weighted by Crippen LogP contribution is 2.54. The molecule has 0 aromatic heterocycles. The molecule has 6 heteroatoms. The van der Waals surface area contributed by atoms with Gasteiger partial charge in [-0.3, -0.25) is 19.3 Å². The highest BCUT2D eigenvalue weighted by molar-refractivity contribution is 6.07. The van der Waals surface area contributed by atoms with Crippen molar-refractivity contribution in [3.63, 3.8) is 0 Å². The third-order valence-electron chi connectivity index (χ3n) is 7.12. The van der Waals surface area contributed by atoms with E-state index in [1.165, 1.54) is 4.90 Å². The molecule has 2 fully saturated rings. The summed E-state index contributed by atoms with van der Waals surface area (Å²) in [5, 5.41) is 2.89. The molecule has 3 amide bonds. The van der Waals surface area contributed by atoms with Crippen LogP contribution < -0.4 is 10.1 Å².